The van der Waals surface area contributed by atoms with Crippen molar-refractivity contribution in [1.29, 1.82) is 0 Å². The van der Waals surface area contributed by atoms with E-state index in [-0.39, 0.29) is 11.8 Å². The summed E-state index contributed by atoms with van der Waals surface area (Å²) >= 11 is 0. The van der Waals surface area contributed by atoms with Crippen LogP contribution in [0.15, 0.2) is 84.9 Å². The van der Waals surface area contributed by atoms with Crippen molar-refractivity contribution in [1.82, 2.24) is 15.5 Å². The van der Waals surface area contributed by atoms with Crippen LogP contribution in [-0.4, -0.2) is 50.1 Å². The van der Waals surface area contributed by atoms with Gasteiger partial charge < -0.3 is 20.9 Å². The summed E-state index contributed by atoms with van der Waals surface area (Å²) in [6.45, 7) is 3.17. The van der Waals surface area contributed by atoms with Crippen LogP contribution >= 0.6 is 0 Å². The van der Waals surface area contributed by atoms with E-state index in [1.165, 1.54) is 0 Å². The summed E-state index contributed by atoms with van der Waals surface area (Å²) in [5, 5.41) is 8.66. The van der Waals surface area contributed by atoms with E-state index in [9.17, 15) is 9.59 Å². The number of nitrogens with zero attached hydrogens (tertiary/aromatic N) is 1. The predicted molar refractivity (Wildman–Crippen MR) is 134 cm³/mol. The number of hydrogen-bond acceptors (Lipinski definition) is 3. The van der Waals surface area contributed by atoms with Crippen molar-refractivity contribution in [3.63, 3.8) is 0 Å². The molecule has 172 valence electrons. The van der Waals surface area contributed by atoms with E-state index in [1.807, 2.05) is 111 Å². The molecule has 0 bridgehead atoms. The lowest BCUT2D eigenvalue weighted by atomic mass is 9.92. The number of anilines is 1. The van der Waals surface area contributed by atoms with Crippen LogP contribution in [0.5, 0.6) is 0 Å². The Balaban J connectivity index is 1.67. The minimum atomic E-state index is -0.710. The van der Waals surface area contributed by atoms with Gasteiger partial charge in [-0.1, -0.05) is 79.7 Å². The lowest BCUT2D eigenvalue weighted by Gasteiger charge is -2.25. The Hall–Kier alpha value is -3.64. The summed E-state index contributed by atoms with van der Waals surface area (Å²) in [6, 6.07) is 26.3. The highest BCUT2D eigenvalue weighted by molar-refractivity contribution is 5.94. The summed E-state index contributed by atoms with van der Waals surface area (Å²) in [5.74, 6) is -0.403. The van der Waals surface area contributed by atoms with Crippen LogP contribution in [0.3, 0.4) is 0 Å². The third kappa shape index (κ3) is 7.19. The Labute approximate surface area is 196 Å². The Morgan fingerprint density at radius 3 is 2.00 bits per heavy atom. The number of hydrogen-bond donors (Lipinski definition) is 3. The highest BCUT2D eigenvalue weighted by Crippen LogP contribution is 2.22. The van der Waals surface area contributed by atoms with Crippen LogP contribution in [0.4, 0.5) is 10.5 Å². The summed E-state index contributed by atoms with van der Waals surface area (Å²) in [6.07, 6.45) is 0. The molecule has 3 amide bonds. The van der Waals surface area contributed by atoms with Gasteiger partial charge in [-0.15, -0.1) is 0 Å². The van der Waals surface area contributed by atoms with E-state index in [4.69, 9.17) is 0 Å². The Kier molecular flexibility index (Phi) is 8.61. The van der Waals surface area contributed by atoms with E-state index in [0.29, 0.717) is 12.2 Å². The first kappa shape index (κ1) is 24.0. The van der Waals surface area contributed by atoms with Gasteiger partial charge >= 0.3 is 6.03 Å². The van der Waals surface area contributed by atoms with Gasteiger partial charge in [-0.05, 0) is 42.9 Å². The fourth-order valence-electron chi connectivity index (χ4n) is 3.56. The molecule has 0 heterocycles. The van der Waals surface area contributed by atoms with Crippen LogP contribution in [0, 0.1) is 0 Å². The van der Waals surface area contributed by atoms with Crippen LogP contribution in [0.1, 0.15) is 18.4 Å². The lowest BCUT2D eigenvalue weighted by Crippen LogP contribution is -2.51. The molecule has 0 saturated carbocycles. The van der Waals surface area contributed by atoms with Gasteiger partial charge in [0.1, 0.15) is 6.04 Å². The van der Waals surface area contributed by atoms with E-state index in [0.717, 1.165) is 23.2 Å². The molecule has 0 aliphatic rings. The minimum absolute atomic E-state index is 0.197. The average molecular weight is 445 g/mol. The highest BCUT2D eigenvalue weighted by Gasteiger charge is 2.28. The third-order valence-electron chi connectivity index (χ3n) is 5.50. The first-order chi connectivity index (χ1) is 15.9. The molecule has 6 nitrogen and oxygen atoms in total. The number of benzene rings is 3. The van der Waals surface area contributed by atoms with Gasteiger partial charge in [0.15, 0.2) is 0 Å². The average Bonchev–Trinajstić information content (AvgIpc) is 2.83. The Morgan fingerprint density at radius 2 is 1.39 bits per heavy atom. The monoisotopic (exact) mass is 444 g/mol. The van der Waals surface area contributed by atoms with Gasteiger partial charge in [0.05, 0.1) is 0 Å². The number of carbonyl (C=O) groups is 2. The van der Waals surface area contributed by atoms with Crippen molar-refractivity contribution in [3.05, 3.63) is 90.5 Å². The molecule has 0 radical (unpaired) electrons. The molecule has 33 heavy (non-hydrogen) atoms. The molecule has 0 aliphatic carbocycles. The van der Waals surface area contributed by atoms with Crippen molar-refractivity contribution in [3.8, 4) is 11.1 Å². The first-order valence-electron chi connectivity index (χ1n) is 11.1. The molecular weight excluding hydrogens is 412 g/mol. The maximum atomic E-state index is 13.0. The normalized spacial score (nSPS) is 12.6. The van der Waals surface area contributed by atoms with Crippen LogP contribution in [-0.2, 0) is 4.79 Å². The summed E-state index contributed by atoms with van der Waals surface area (Å²) in [7, 11) is 3.90. The second-order valence-corrected chi connectivity index (χ2v) is 8.31. The van der Waals surface area contributed by atoms with Crippen LogP contribution in [0.25, 0.3) is 11.1 Å². The summed E-state index contributed by atoms with van der Waals surface area (Å²) in [5.41, 5.74) is 3.82. The molecule has 3 N–H and O–H groups in total. The summed E-state index contributed by atoms with van der Waals surface area (Å²) in [4.78, 5) is 27.7. The molecule has 0 saturated heterocycles. The molecule has 3 rings (SSSR count). The van der Waals surface area contributed by atoms with E-state index < -0.39 is 12.1 Å². The molecule has 0 spiro atoms. The second-order valence-electron chi connectivity index (χ2n) is 8.31. The zero-order chi connectivity index (χ0) is 23.6. The van der Waals surface area contributed by atoms with E-state index >= 15 is 0 Å². The minimum Gasteiger partial charge on any atom is -0.353 e. The molecule has 0 aliphatic heterocycles. The topological polar surface area (TPSA) is 73.5 Å². The molecular formula is C27H32N4O2. The zero-order valence-electron chi connectivity index (χ0n) is 19.4. The molecule has 2 unspecified atom stereocenters. The van der Waals surface area contributed by atoms with Gasteiger partial charge in [0.25, 0.3) is 0 Å². The molecule has 3 aromatic carbocycles. The van der Waals surface area contributed by atoms with Crippen LogP contribution in [0.2, 0.25) is 0 Å². The SMILES string of the molecule is CC(c1ccccc1)C(NC(=O)Nc1ccc(-c2ccccc2)cc1)C(=O)NCCN(C)C. The molecule has 2 atom stereocenters. The second kappa shape index (κ2) is 11.8. The van der Waals surface area contributed by atoms with Crippen molar-refractivity contribution >= 4 is 17.6 Å². The number of carbonyl (C=O) groups excluding carboxylic acids is 2. The number of urea groups is 1. The molecule has 3 aromatic rings. The number of nitrogens with one attached hydrogen (secondary N) is 3. The first-order valence-corrected chi connectivity index (χ1v) is 11.1. The number of likely N-dealkylation sites (N-methyl/N-ethyl adjacent to an activating group) is 1. The Bertz CT molecular complexity index is 1020. The molecule has 6 heteroatoms. The van der Waals surface area contributed by atoms with Gasteiger partial charge in [-0.3, -0.25) is 4.79 Å². The zero-order valence-corrected chi connectivity index (χ0v) is 19.4. The Morgan fingerprint density at radius 1 is 0.818 bits per heavy atom. The smallest absolute Gasteiger partial charge is 0.319 e. The molecule has 0 fully saturated rings. The largest absolute Gasteiger partial charge is 0.353 e. The van der Waals surface area contributed by atoms with E-state index in [2.05, 4.69) is 16.0 Å². The van der Waals surface area contributed by atoms with Crippen LogP contribution < -0.4 is 16.0 Å². The maximum absolute atomic E-state index is 13.0. The number of rotatable bonds is 9. The van der Waals surface area contributed by atoms with Crippen molar-refractivity contribution in [2.75, 3.05) is 32.5 Å². The maximum Gasteiger partial charge on any atom is 0.319 e. The standard InChI is InChI=1S/C27H32N4O2/c1-20(21-10-6-4-7-11-21)25(26(32)28-18-19-31(2)3)30-27(33)29-24-16-14-23(15-17-24)22-12-8-5-9-13-22/h4-17,20,25H,18-19H2,1-3H3,(H,28,32)(H2,29,30,33). The van der Waals surface area contributed by atoms with E-state index in [1.54, 1.807) is 0 Å². The lowest BCUT2D eigenvalue weighted by molar-refractivity contribution is -0.123. The van der Waals surface area contributed by atoms with Gasteiger partial charge in [-0.2, -0.15) is 0 Å². The predicted octanol–water partition coefficient (Wildman–Crippen LogP) is 4.33. The van der Waals surface area contributed by atoms with Gasteiger partial charge in [0, 0.05) is 24.7 Å². The fourth-order valence-corrected chi connectivity index (χ4v) is 3.56. The van der Waals surface area contributed by atoms with Gasteiger partial charge in [0.2, 0.25) is 5.91 Å². The van der Waals surface area contributed by atoms with Crippen molar-refractivity contribution in [2.45, 2.75) is 18.9 Å². The fraction of sp³-hybridized carbons (Fsp3) is 0.259. The van der Waals surface area contributed by atoms with Crippen molar-refractivity contribution in [2.24, 2.45) is 0 Å². The van der Waals surface area contributed by atoms with Crippen molar-refractivity contribution < 1.29 is 9.59 Å². The third-order valence-corrected chi connectivity index (χ3v) is 5.50. The quantitative estimate of drug-likeness (QED) is 0.460. The highest BCUT2D eigenvalue weighted by atomic mass is 16.2. The van der Waals surface area contributed by atoms with Gasteiger partial charge in [-0.25, -0.2) is 4.79 Å². The number of amides is 3. The molecule has 0 aromatic heterocycles. The summed E-state index contributed by atoms with van der Waals surface area (Å²) < 4.78 is 0.